The Balaban J connectivity index is 2.22. The van der Waals surface area contributed by atoms with Crippen LogP contribution in [-0.2, 0) is 25.7 Å². The molecule has 2 rings (SSSR count). The summed E-state index contributed by atoms with van der Waals surface area (Å²) in [4.78, 5) is 0. The average Bonchev–Trinajstić information content (AvgIpc) is 2.85. The van der Waals surface area contributed by atoms with E-state index in [0.29, 0.717) is 24.0 Å². The number of rotatable bonds is 16. The second-order valence-corrected chi connectivity index (χ2v) is 15.0. The van der Waals surface area contributed by atoms with Crippen molar-refractivity contribution in [3.8, 4) is 23.0 Å². The Kier molecular flexibility index (Phi) is 12.0. The van der Waals surface area contributed by atoms with Crippen molar-refractivity contribution in [1.29, 1.82) is 0 Å². The molecule has 0 fully saturated rings. The smallest absolute Gasteiger partial charge is 0.141 e. The largest absolute Gasteiger partial charge is 0.507 e. The zero-order valence-corrected chi connectivity index (χ0v) is 24.0. The number of ether oxygens (including phenoxy) is 2. The van der Waals surface area contributed by atoms with E-state index in [1.54, 1.807) is 0 Å². The van der Waals surface area contributed by atoms with Crippen molar-refractivity contribution in [1.82, 2.24) is 0 Å². The molecule has 0 bridgehead atoms. The van der Waals surface area contributed by atoms with E-state index in [4.69, 9.17) is 9.47 Å². The summed E-state index contributed by atoms with van der Waals surface area (Å²) in [5.41, 5.74) is 3.95. The summed E-state index contributed by atoms with van der Waals surface area (Å²) >= 11 is 0. The highest BCUT2D eigenvalue weighted by atomic mass is 28.3. The van der Waals surface area contributed by atoms with E-state index in [-0.39, 0.29) is 0 Å². The van der Waals surface area contributed by atoms with Gasteiger partial charge in [0.15, 0.2) is 0 Å². The van der Waals surface area contributed by atoms with Crippen LogP contribution in [0.25, 0.3) is 0 Å². The zero-order valence-electron chi connectivity index (χ0n) is 23.0. The molecule has 0 aliphatic heterocycles. The van der Waals surface area contributed by atoms with E-state index in [1.165, 1.54) is 0 Å². The van der Waals surface area contributed by atoms with Crippen molar-refractivity contribution >= 4 is 8.07 Å². The molecule has 0 heterocycles. The Labute approximate surface area is 214 Å². The van der Waals surface area contributed by atoms with Crippen LogP contribution in [0.3, 0.4) is 0 Å². The Bertz CT molecular complexity index is 795. The number of hydrogen-bond donors (Lipinski definition) is 2. The molecule has 0 atom stereocenters. The SMILES string of the molecule is CCCc1cc(OC[Si](CC)(CC)COc2cc(CCC)c(O)c(CCC)c2)cc(CCC)c1O. The molecule has 0 spiro atoms. The van der Waals surface area contributed by atoms with Crippen molar-refractivity contribution in [2.24, 2.45) is 0 Å². The van der Waals surface area contributed by atoms with Gasteiger partial charge in [0, 0.05) is 0 Å². The molecule has 35 heavy (non-hydrogen) atoms. The molecule has 0 unspecified atom stereocenters. The number of phenols is 2. The number of hydrogen-bond acceptors (Lipinski definition) is 4. The fraction of sp³-hybridized carbons (Fsp3) is 0.600. The van der Waals surface area contributed by atoms with Gasteiger partial charge in [0.2, 0.25) is 0 Å². The molecule has 2 aromatic carbocycles. The van der Waals surface area contributed by atoms with Crippen molar-refractivity contribution in [2.75, 3.05) is 12.5 Å². The number of benzene rings is 2. The van der Waals surface area contributed by atoms with Crippen LogP contribution in [-0.4, -0.2) is 30.7 Å². The molecule has 4 nitrogen and oxygen atoms in total. The maximum absolute atomic E-state index is 10.7. The van der Waals surface area contributed by atoms with Crippen LogP contribution in [0.4, 0.5) is 0 Å². The average molecular weight is 501 g/mol. The van der Waals surface area contributed by atoms with Crippen molar-refractivity contribution in [2.45, 2.75) is 105 Å². The molecule has 0 saturated carbocycles. The van der Waals surface area contributed by atoms with Crippen LogP contribution in [0.2, 0.25) is 12.1 Å². The first-order valence-corrected chi connectivity index (χ1v) is 16.6. The minimum Gasteiger partial charge on any atom is -0.507 e. The predicted octanol–water partition coefficient (Wildman–Crippen LogP) is 7.93. The third-order valence-corrected chi connectivity index (χ3v) is 11.7. The Morgan fingerprint density at radius 2 is 0.829 bits per heavy atom. The van der Waals surface area contributed by atoms with Gasteiger partial charge in [-0.15, -0.1) is 0 Å². The maximum atomic E-state index is 10.7. The fourth-order valence-electron chi connectivity index (χ4n) is 4.64. The van der Waals surface area contributed by atoms with Crippen molar-refractivity contribution in [3.63, 3.8) is 0 Å². The highest BCUT2D eigenvalue weighted by molar-refractivity contribution is 6.79. The molecule has 0 amide bonds. The molecular formula is C30H48O4Si. The fourth-order valence-corrected chi connectivity index (χ4v) is 6.98. The maximum Gasteiger partial charge on any atom is 0.141 e. The summed E-state index contributed by atoms with van der Waals surface area (Å²) in [6.45, 7) is 13.1. The highest BCUT2D eigenvalue weighted by Crippen LogP contribution is 2.33. The molecule has 0 saturated heterocycles. The molecule has 2 N–H and O–H groups in total. The topological polar surface area (TPSA) is 58.9 Å². The Morgan fingerprint density at radius 3 is 1.06 bits per heavy atom. The molecule has 0 aliphatic carbocycles. The van der Waals surface area contributed by atoms with E-state index in [9.17, 15) is 10.2 Å². The standard InChI is InChI=1S/C30H48O4Si/c1-7-13-23-17-27(18-24(14-8-2)29(23)31)33-21-35(11-5,12-6)22-34-28-19-25(15-9-3)30(32)26(20-28)16-10-4/h17-20,31-32H,7-16,21-22H2,1-6H3. The third-order valence-electron chi connectivity index (χ3n) is 7.15. The molecule has 196 valence electrons. The molecule has 0 aliphatic rings. The first kappa shape index (κ1) is 29.1. The van der Waals surface area contributed by atoms with Gasteiger partial charge in [-0.05, 0) is 72.2 Å². The van der Waals surface area contributed by atoms with Gasteiger partial charge in [0.05, 0.1) is 12.5 Å². The van der Waals surface area contributed by atoms with Gasteiger partial charge in [0.1, 0.15) is 31.1 Å². The Morgan fingerprint density at radius 1 is 0.543 bits per heavy atom. The normalized spacial score (nSPS) is 11.6. The molecular weight excluding hydrogens is 452 g/mol. The third kappa shape index (κ3) is 7.93. The van der Waals surface area contributed by atoms with Crippen molar-refractivity contribution in [3.05, 3.63) is 46.5 Å². The van der Waals surface area contributed by atoms with Gasteiger partial charge < -0.3 is 19.7 Å². The summed E-state index contributed by atoms with van der Waals surface area (Å²) in [5, 5.41) is 21.3. The molecule has 0 radical (unpaired) electrons. The van der Waals surface area contributed by atoms with Crippen LogP contribution in [0.5, 0.6) is 23.0 Å². The number of aryl methyl sites for hydroxylation is 4. The summed E-state index contributed by atoms with van der Waals surface area (Å²) in [6.07, 6.45) is 8.78. The van der Waals surface area contributed by atoms with Gasteiger partial charge >= 0.3 is 0 Å². The molecule has 5 heteroatoms. The zero-order chi connectivity index (χ0) is 25.8. The van der Waals surface area contributed by atoms with E-state index in [2.05, 4.69) is 41.5 Å². The van der Waals surface area contributed by atoms with Crippen LogP contribution < -0.4 is 9.47 Å². The monoisotopic (exact) mass is 500 g/mol. The number of phenolic OH excluding ortho intramolecular Hbond substituents is 2. The van der Waals surface area contributed by atoms with E-state index in [1.807, 2.05) is 24.3 Å². The van der Waals surface area contributed by atoms with Gasteiger partial charge in [-0.2, -0.15) is 0 Å². The second-order valence-electron chi connectivity index (χ2n) is 9.96. The lowest BCUT2D eigenvalue weighted by atomic mass is 10.0. The summed E-state index contributed by atoms with van der Waals surface area (Å²) in [7, 11) is -1.85. The van der Waals surface area contributed by atoms with Crippen LogP contribution >= 0.6 is 0 Å². The lowest BCUT2D eigenvalue weighted by Gasteiger charge is -2.29. The first-order valence-electron chi connectivity index (χ1n) is 13.8. The van der Waals surface area contributed by atoms with E-state index < -0.39 is 8.07 Å². The summed E-state index contributed by atoms with van der Waals surface area (Å²) in [6, 6.07) is 10.3. The first-order chi connectivity index (χ1) is 16.9. The van der Waals surface area contributed by atoms with E-state index >= 15 is 0 Å². The van der Waals surface area contributed by atoms with Gasteiger partial charge in [-0.1, -0.05) is 79.3 Å². The second kappa shape index (κ2) is 14.4. The number of aromatic hydroxyl groups is 2. The lowest BCUT2D eigenvalue weighted by molar-refractivity contribution is 0.338. The molecule has 0 aromatic heterocycles. The minimum atomic E-state index is -1.85. The van der Waals surface area contributed by atoms with Crippen LogP contribution in [0.15, 0.2) is 24.3 Å². The van der Waals surface area contributed by atoms with E-state index in [0.717, 1.165) is 97.2 Å². The minimum absolute atomic E-state index is 0.442. The lowest BCUT2D eigenvalue weighted by Crippen LogP contribution is -2.46. The Hall–Kier alpha value is -2.14. The summed E-state index contributed by atoms with van der Waals surface area (Å²) in [5.74, 6) is 2.62. The van der Waals surface area contributed by atoms with Crippen LogP contribution in [0.1, 0.15) is 89.5 Å². The predicted molar refractivity (Wildman–Crippen MR) is 150 cm³/mol. The van der Waals surface area contributed by atoms with Crippen LogP contribution in [0, 0.1) is 0 Å². The van der Waals surface area contributed by atoms with Crippen molar-refractivity contribution < 1.29 is 19.7 Å². The summed E-state index contributed by atoms with van der Waals surface area (Å²) < 4.78 is 12.9. The van der Waals surface area contributed by atoms with Gasteiger partial charge in [-0.25, -0.2) is 0 Å². The highest BCUT2D eigenvalue weighted by Gasteiger charge is 2.32. The quantitative estimate of drug-likeness (QED) is 0.230. The molecule has 2 aromatic rings. The van der Waals surface area contributed by atoms with Gasteiger partial charge in [-0.3, -0.25) is 0 Å². The van der Waals surface area contributed by atoms with Gasteiger partial charge in [0.25, 0.3) is 0 Å².